The molecule has 1 atom stereocenters. The molecule has 1 unspecified atom stereocenters. The lowest BCUT2D eigenvalue weighted by atomic mass is 10.0. The van der Waals surface area contributed by atoms with Crippen LogP contribution >= 0.6 is 23.2 Å². The van der Waals surface area contributed by atoms with Crippen molar-refractivity contribution in [3.8, 4) is 28.4 Å². The fraction of sp³-hybridized carbons (Fsp3) is 0.316. The Balaban J connectivity index is 0.000000277. The molecule has 1 aromatic rings. The fourth-order valence-electron chi connectivity index (χ4n) is 2.24. The molecule has 0 spiro atoms. The maximum absolute atomic E-state index is 9.71. The van der Waals surface area contributed by atoms with E-state index in [4.69, 9.17) is 37.8 Å². The van der Waals surface area contributed by atoms with Gasteiger partial charge in [-0.25, -0.2) is 0 Å². The Hall–Kier alpha value is -1.91. The molecule has 6 heteroatoms. The predicted octanol–water partition coefficient (Wildman–Crippen LogP) is 5.51. The minimum absolute atomic E-state index is 0.0448. The number of fused-ring (bicyclic) bond motifs is 1. The summed E-state index contributed by atoms with van der Waals surface area (Å²) in [6.07, 6.45) is 0. The highest BCUT2D eigenvalue weighted by atomic mass is 35.5. The number of benzene rings is 2. The number of hydrogen-bond acceptors (Lipinski definition) is 3. The van der Waals surface area contributed by atoms with Crippen LogP contribution in [0.2, 0.25) is 0 Å². The van der Waals surface area contributed by atoms with Crippen molar-refractivity contribution < 1.29 is 19.4 Å². The first-order valence-corrected chi connectivity index (χ1v) is 8.77. The second-order valence-corrected chi connectivity index (χ2v) is 6.67. The molecule has 0 bridgehead atoms. The summed E-state index contributed by atoms with van der Waals surface area (Å²) in [6, 6.07) is 12.2. The fourth-order valence-corrected chi connectivity index (χ4v) is 2.37. The molecule has 0 fully saturated rings. The van der Waals surface area contributed by atoms with Gasteiger partial charge in [-0.3, -0.25) is 4.79 Å². The van der Waals surface area contributed by atoms with E-state index in [2.05, 4.69) is 32.0 Å². The third kappa shape index (κ3) is 5.03. The Morgan fingerprint density at radius 3 is 2.24 bits per heavy atom. The van der Waals surface area contributed by atoms with Gasteiger partial charge in [0.25, 0.3) is 0 Å². The minimum Gasteiger partial charge on any atom is -0.496 e. The number of aliphatic carboxylic acids is 1. The number of carboxylic acid groups (broad SMARTS) is 1. The highest BCUT2D eigenvalue weighted by molar-refractivity contribution is 6.35. The number of alkyl halides is 2. The smallest absolute Gasteiger partial charge is 0.322 e. The molecule has 1 aromatic carbocycles. The summed E-state index contributed by atoms with van der Waals surface area (Å²) < 4.78 is 11.3. The Morgan fingerprint density at radius 1 is 1.16 bits per heavy atom. The molecule has 0 radical (unpaired) electrons. The van der Waals surface area contributed by atoms with Crippen LogP contribution in [0.5, 0.6) is 17.2 Å². The van der Waals surface area contributed by atoms with E-state index in [1.165, 1.54) is 16.7 Å². The quantitative estimate of drug-likeness (QED) is 0.571. The SMILES string of the molecule is COc1ccc(Oc2ccc3cc2-3)cc1C(C)C.O=C(O)C(Cl)CCl. The maximum atomic E-state index is 9.71. The Kier molecular flexibility index (Phi) is 6.57. The minimum atomic E-state index is -1.07. The third-order valence-electron chi connectivity index (χ3n) is 3.66. The van der Waals surface area contributed by atoms with Crippen molar-refractivity contribution in [3.63, 3.8) is 0 Å². The molecule has 0 saturated carbocycles. The number of methoxy groups -OCH3 is 1. The molecule has 25 heavy (non-hydrogen) atoms. The molecular formula is C19H20Cl2O4. The van der Waals surface area contributed by atoms with Crippen LogP contribution in [0.15, 0.2) is 36.4 Å². The monoisotopic (exact) mass is 382 g/mol. The number of hydrogen-bond donors (Lipinski definition) is 1. The molecule has 134 valence electrons. The summed E-state index contributed by atoms with van der Waals surface area (Å²) in [4.78, 5) is 9.71. The van der Waals surface area contributed by atoms with Crippen molar-refractivity contribution in [1.82, 2.24) is 0 Å². The molecule has 0 saturated heterocycles. The predicted molar refractivity (Wildman–Crippen MR) is 101 cm³/mol. The number of rotatable bonds is 6. The van der Waals surface area contributed by atoms with E-state index >= 15 is 0 Å². The van der Waals surface area contributed by atoms with Gasteiger partial charge >= 0.3 is 5.97 Å². The van der Waals surface area contributed by atoms with Gasteiger partial charge < -0.3 is 14.6 Å². The molecule has 3 rings (SSSR count). The summed E-state index contributed by atoms with van der Waals surface area (Å²) in [5.41, 5.74) is 3.70. The van der Waals surface area contributed by atoms with Crippen molar-refractivity contribution in [1.29, 1.82) is 0 Å². The van der Waals surface area contributed by atoms with Gasteiger partial charge in [-0.15, -0.1) is 23.2 Å². The largest absolute Gasteiger partial charge is 0.496 e. The van der Waals surface area contributed by atoms with Crippen molar-refractivity contribution in [2.45, 2.75) is 25.1 Å². The van der Waals surface area contributed by atoms with Crippen LogP contribution in [0.3, 0.4) is 0 Å². The first-order valence-electron chi connectivity index (χ1n) is 7.80. The van der Waals surface area contributed by atoms with E-state index in [1.54, 1.807) is 7.11 Å². The molecule has 0 aromatic heterocycles. The van der Waals surface area contributed by atoms with E-state index in [9.17, 15) is 4.79 Å². The van der Waals surface area contributed by atoms with Gasteiger partial charge in [0, 0.05) is 17.0 Å². The zero-order chi connectivity index (χ0) is 18.6. The van der Waals surface area contributed by atoms with Crippen LogP contribution in [0, 0.1) is 0 Å². The standard InChI is InChI=1S/C16H16O2.C3H4Cl2O2/c1-10(2)13-9-12(5-7-15(13)17-3)18-16-6-4-11-8-14(11)16;4-1-2(5)3(6)7/h4-10H,1-3H3;2H,1H2,(H,6,7). The summed E-state index contributed by atoms with van der Waals surface area (Å²) in [5, 5.41) is 7.02. The van der Waals surface area contributed by atoms with Gasteiger partial charge in [-0.2, -0.15) is 0 Å². The van der Waals surface area contributed by atoms with E-state index < -0.39 is 11.3 Å². The van der Waals surface area contributed by atoms with Gasteiger partial charge in [0.15, 0.2) is 0 Å². The van der Waals surface area contributed by atoms with Crippen molar-refractivity contribution in [2.24, 2.45) is 0 Å². The van der Waals surface area contributed by atoms with Gasteiger partial charge in [-0.05, 0) is 41.8 Å². The van der Waals surface area contributed by atoms with E-state index in [0.29, 0.717) is 5.92 Å². The van der Waals surface area contributed by atoms with Crippen LogP contribution in [0.1, 0.15) is 25.3 Å². The van der Waals surface area contributed by atoms with Crippen LogP contribution in [-0.4, -0.2) is 29.4 Å². The average molecular weight is 383 g/mol. The molecule has 4 nitrogen and oxygen atoms in total. The Morgan fingerprint density at radius 2 is 1.84 bits per heavy atom. The molecule has 0 amide bonds. The summed E-state index contributed by atoms with van der Waals surface area (Å²) in [6.45, 7) is 4.30. The summed E-state index contributed by atoms with van der Waals surface area (Å²) >= 11 is 10.1. The lowest BCUT2D eigenvalue weighted by Crippen LogP contribution is -2.13. The lowest BCUT2D eigenvalue weighted by Gasteiger charge is -2.13. The molecule has 0 heterocycles. The van der Waals surface area contributed by atoms with Crippen LogP contribution < -0.4 is 9.47 Å². The van der Waals surface area contributed by atoms with Crippen molar-refractivity contribution >= 4 is 29.2 Å². The summed E-state index contributed by atoms with van der Waals surface area (Å²) in [7, 11) is 1.70. The van der Waals surface area contributed by atoms with Crippen LogP contribution in [0.25, 0.3) is 11.1 Å². The molecule has 2 aliphatic rings. The molecule has 1 N–H and O–H groups in total. The highest BCUT2D eigenvalue weighted by Gasteiger charge is 2.19. The van der Waals surface area contributed by atoms with Gasteiger partial charge in [0.05, 0.1) is 7.11 Å². The topological polar surface area (TPSA) is 55.8 Å². The zero-order valence-electron chi connectivity index (χ0n) is 14.3. The number of carboxylic acids is 1. The second-order valence-electron chi connectivity index (χ2n) is 5.83. The normalized spacial score (nSPS) is 12.1. The van der Waals surface area contributed by atoms with Crippen LogP contribution in [-0.2, 0) is 4.79 Å². The van der Waals surface area contributed by atoms with Gasteiger partial charge in [0.1, 0.15) is 22.6 Å². The first-order chi connectivity index (χ1) is 11.9. The van der Waals surface area contributed by atoms with Crippen molar-refractivity contribution in [3.05, 3.63) is 42.0 Å². The Labute approximate surface area is 157 Å². The lowest BCUT2D eigenvalue weighted by molar-refractivity contribution is -0.136. The second kappa shape index (κ2) is 8.45. The molecule has 0 aliphatic heterocycles. The van der Waals surface area contributed by atoms with Gasteiger partial charge in [0.2, 0.25) is 0 Å². The Bertz CT molecular complexity index is 759. The van der Waals surface area contributed by atoms with Gasteiger partial charge in [-0.1, -0.05) is 19.9 Å². The molecule has 2 aliphatic carbocycles. The van der Waals surface area contributed by atoms with E-state index in [1.807, 2.05) is 18.2 Å². The molecular weight excluding hydrogens is 363 g/mol. The summed E-state index contributed by atoms with van der Waals surface area (Å²) in [5.74, 6) is 2.03. The highest BCUT2D eigenvalue weighted by Crippen LogP contribution is 2.45. The van der Waals surface area contributed by atoms with Crippen molar-refractivity contribution in [2.75, 3.05) is 13.0 Å². The third-order valence-corrected chi connectivity index (χ3v) is 4.47. The van der Waals surface area contributed by atoms with E-state index in [-0.39, 0.29) is 5.88 Å². The first kappa shape index (κ1) is 19.4. The van der Waals surface area contributed by atoms with E-state index in [0.717, 1.165) is 17.2 Å². The maximum Gasteiger partial charge on any atom is 0.322 e. The number of carbonyl (C=O) groups is 1. The number of halogens is 2. The number of ether oxygens (including phenoxy) is 2. The zero-order valence-corrected chi connectivity index (χ0v) is 15.8. The van der Waals surface area contributed by atoms with Crippen LogP contribution in [0.4, 0.5) is 0 Å². The average Bonchev–Trinajstić information content (AvgIpc) is 3.29.